The van der Waals surface area contributed by atoms with Gasteiger partial charge in [-0.2, -0.15) is 0 Å². The SMILES string of the molecule is CC(CCO)NC1CCOC(C)(C)C1. The topological polar surface area (TPSA) is 41.5 Å². The summed E-state index contributed by atoms with van der Waals surface area (Å²) < 4.78 is 5.65. The summed E-state index contributed by atoms with van der Waals surface area (Å²) in [6, 6.07) is 0.944. The molecule has 0 bridgehead atoms. The number of aliphatic hydroxyl groups excluding tert-OH is 1. The van der Waals surface area contributed by atoms with Crippen LogP contribution in [0.1, 0.15) is 40.0 Å². The third kappa shape index (κ3) is 3.95. The predicted molar refractivity (Wildman–Crippen MR) is 57.4 cm³/mol. The molecule has 2 atom stereocenters. The van der Waals surface area contributed by atoms with Crippen molar-refractivity contribution in [1.29, 1.82) is 0 Å². The van der Waals surface area contributed by atoms with Crippen molar-refractivity contribution in [2.24, 2.45) is 0 Å². The Balaban J connectivity index is 2.30. The zero-order valence-corrected chi connectivity index (χ0v) is 9.55. The number of ether oxygens (including phenoxy) is 1. The van der Waals surface area contributed by atoms with E-state index in [4.69, 9.17) is 9.84 Å². The van der Waals surface area contributed by atoms with Gasteiger partial charge in [0.15, 0.2) is 0 Å². The van der Waals surface area contributed by atoms with Crippen molar-refractivity contribution in [1.82, 2.24) is 5.32 Å². The Bertz CT molecular complexity index is 171. The van der Waals surface area contributed by atoms with Gasteiger partial charge in [-0.05, 0) is 40.0 Å². The van der Waals surface area contributed by atoms with E-state index in [1.165, 1.54) is 0 Å². The molecule has 2 N–H and O–H groups in total. The van der Waals surface area contributed by atoms with Gasteiger partial charge in [-0.3, -0.25) is 0 Å². The summed E-state index contributed by atoms with van der Waals surface area (Å²) in [4.78, 5) is 0. The minimum absolute atomic E-state index is 0.00878. The van der Waals surface area contributed by atoms with Crippen molar-refractivity contribution in [3.8, 4) is 0 Å². The highest BCUT2D eigenvalue weighted by molar-refractivity contribution is 4.84. The van der Waals surface area contributed by atoms with E-state index in [9.17, 15) is 0 Å². The Labute approximate surface area is 86.8 Å². The van der Waals surface area contributed by atoms with E-state index in [1.807, 2.05) is 0 Å². The van der Waals surface area contributed by atoms with Crippen LogP contribution in [0.2, 0.25) is 0 Å². The van der Waals surface area contributed by atoms with Gasteiger partial charge in [0.1, 0.15) is 0 Å². The van der Waals surface area contributed by atoms with Gasteiger partial charge in [0.05, 0.1) is 5.60 Å². The summed E-state index contributed by atoms with van der Waals surface area (Å²) in [7, 11) is 0. The summed E-state index contributed by atoms with van der Waals surface area (Å²) in [5.41, 5.74) is 0.00878. The molecule has 0 aromatic rings. The molecule has 2 unspecified atom stereocenters. The minimum Gasteiger partial charge on any atom is -0.396 e. The van der Waals surface area contributed by atoms with Crippen LogP contribution in [0.4, 0.5) is 0 Å². The molecule has 0 aliphatic carbocycles. The van der Waals surface area contributed by atoms with Crippen LogP contribution in [0.5, 0.6) is 0 Å². The average molecular weight is 201 g/mol. The maximum absolute atomic E-state index is 8.80. The van der Waals surface area contributed by atoms with Gasteiger partial charge in [0.2, 0.25) is 0 Å². The summed E-state index contributed by atoms with van der Waals surface area (Å²) >= 11 is 0. The van der Waals surface area contributed by atoms with Crippen LogP contribution in [0.3, 0.4) is 0 Å². The summed E-state index contributed by atoms with van der Waals surface area (Å²) in [5, 5.41) is 12.3. The average Bonchev–Trinajstić information content (AvgIpc) is 2.02. The van der Waals surface area contributed by atoms with Gasteiger partial charge in [-0.15, -0.1) is 0 Å². The molecule has 0 spiro atoms. The third-order valence-corrected chi connectivity index (χ3v) is 2.78. The fraction of sp³-hybridized carbons (Fsp3) is 1.00. The number of hydrogen-bond donors (Lipinski definition) is 2. The lowest BCUT2D eigenvalue weighted by Gasteiger charge is -2.37. The number of hydrogen-bond acceptors (Lipinski definition) is 3. The van der Waals surface area contributed by atoms with Crippen molar-refractivity contribution in [3.63, 3.8) is 0 Å². The number of rotatable bonds is 4. The van der Waals surface area contributed by atoms with E-state index >= 15 is 0 Å². The Morgan fingerprint density at radius 2 is 2.29 bits per heavy atom. The van der Waals surface area contributed by atoms with Crippen molar-refractivity contribution in [3.05, 3.63) is 0 Å². The van der Waals surface area contributed by atoms with Gasteiger partial charge < -0.3 is 15.2 Å². The lowest BCUT2D eigenvalue weighted by atomic mass is 9.93. The number of nitrogens with one attached hydrogen (secondary N) is 1. The van der Waals surface area contributed by atoms with E-state index in [0.29, 0.717) is 12.1 Å². The molecular formula is C11H23NO2. The van der Waals surface area contributed by atoms with Gasteiger partial charge in [0, 0.05) is 25.3 Å². The van der Waals surface area contributed by atoms with Crippen LogP contribution in [0.15, 0.2) is 0 Å². The molecule has 0 amide bonds. The van der Waals surface area contributed by atoms with E-state index < -0.39 is 0 Å². The van der Waals surface area contributed by atoms with Crippen LogP contribution in [0.25, 0.3) is 0 Å². The first kappa shape index (κ1) is 12.0. The molecule has 84 valence electrons. The first-order chi connectivity index (χ1) is 6.53. The van der Waals surface area contributed by atoms with E-state index in [2.05, 4.69) is 26.1 Å². The highest BCUT2D eigenvalue weighted by atomic mass is 16.5. The van der Waals surface area contributed by atoms with Crippen molar-refractivity contribution >= 4 is 0 Å². The Hall–Kier alpha value is -0.120. The normalized spacial score (nSPS) is 28.7. The highest BCUT2D eigenvalue weighted by Gasteiger charge is 2.29. The van der Waals surface area contributed by atoms with Crippen LogP contribution < -0.4 is 5.32 Å². The van der Waals surface area contributed by atoms with Crippen LogP contribution >= 0.6 is 0 Å². The predicted octanol–water partition coefficient (Wildman–Crippen LogP) is 1.30. The smallest absolute Gasteiger partial charge is 0.0641 e. The molecule has 1 rings (SSSR count). The van der Waals surface area contributed by atoms with Crippen molar-refractivity contribution < 1.29 is 9.84 Å². The maximum atomic E-state index is 8.80. The van der Waals surface area contributed by atoms with Gasteiger partial charge in [-0.1, -0.05) is 0 Å². The van der Waals surface area contributed by atoms with Gasteiger partial charge >= 0.3 is 0 Å². The van der Waals surface area contributed by atoms with Crippen LogP contribution in [-0.4, -0.2) is 36.0 Å². The Morgan fingerprint density at radius 3 is 2.86 bits per heavy atom. The highest BCUT2D eigenvalue weighted by Crippen LogP contribution is 2.24. The summed E-state index contributed by atoms with van der Waals surface area (Å²) in [6.45, 7) is 7.51. The standard InChI is InChI=1S/C11H23NO2/c1-9(4-6-13)12-10-5-7-14-11(2,3)8-10/h9-10,12-13H,4-8H2,1-3H3. The fourth-order valence-electron chi connectivity index (χ4n) is 2.05. The van der Waals surface area contributed by atoms with Crippen molar-refractivity contribution in [2.45, 2.75) is 57.7 Å². The monoisotopic (exact) mass is 201 g/mol. The van der Waals surface area contributed by atoms with E-state index in [-0.39, 0.29) is 12.2 Å². The molecule has 1 fully saturated rings. The summed E-state index contributed by atoms with van der Waals surface area (Å²) in [6.07, 6.45) is 2.97. The lowest BCUT2D eigenvalue weighted by Crippen LogP contribution is -2.46. The Morgan fingerprint density at radius 1 is 1.57 bits per heavy atom. The summed E-state index contributed by atoms with van der Waals surface area (Å²) in [5.74, 6) is 0. The van der Waals surface area contributed by atoms with Crippen LogP contribution in [-0.2, 0) is 4.74 Å². The molecular weight excluding hydrogens is 178 g/mol. The second kappa shape index (κ2) is 5.10. The zero-order valence-electron chi connectivity index (χ0n) is 9.55. The molecule has 0 aromatic carbocycles. The fourth-order valence-corrected chi connectivity index (χ4v) is 2.05. The molecule has 0 radical (unpaired) electrons. The van der Waals surface area contributed by atoms with Crippen molar-refractivity contribution in [2.75, 3.05) is 13.2 Å². The largest absolute Gasteiger partial charge is 0.396 e. The second-order valence-electron chi connectivity index (χ2n) is 4.88. The van der Waals surface area contributed by atoms with E-state index in [1.54, 1.807) is 0 Å². The molecule has 0 aromatic heterocycles. The van der Waals surface area contributed by atoms with Crippen LogP contribution in [0, 0.1) is 0 Å². The molecule has 1 aliphatic heterocycles. The lowest BCUT2D eigenvalue weighted by molar-refractivity contribution is -0.0641. The second-order valence-corrected chi connectivity index (χ2v) is 4.88. The molecule has 14 heavy (non-hydrogen) atoms. The molecule has 1 heterocycles. The number of aliphatic hydroxyl groups is 1. The first-order valence-electron chi connectivity index (χ1n) is 5.54. The maximum Gasteiger partial charge on any atom is 0.0641 e. The van der Waals surface area contributed by atoms with Gasteiger partial charge in [0.25, 0.3) is 0 Å². The third-order valence-electron chi connectivity index (χ3n) is 2.78. The molecule has 3 nitrogen and oxygen atoms in total. The molecule has 0 saturated carbocycles. The van der Waals surface area contributed by atoms with E-state index in [0.717, 1.165) is 25.9 Å². The zero-order chi connectivity index (χ0) is 10.6. The Kier molecular flexibility index (Phi) is 4.35. The molecule has 1 aliphatic rings. The molecule has 1 saturated heterocycles. The first-order valence-corrected chi connectivity index (χ1v) is 5.54. The van der Waals surface area contributed by atoms with Gasteiger partial charge in [-0.25, -0.2) is 0 Å². The minimum atomic E-state index is 0.00878. The molecule has 3 heteroatoms. The quantitative estimate of drug-likeness (QED) is 0.720.